The lowest BCUT2D eigenvalue weighted by Crippen LogP contribution is -2.37. The Labute approximate surface area is 138 Å². The molecule has 0 aromatic heterocycles. The summed E-state index contributed by atoms with van der Waals surface area (Å²) in [7, 11) is -4.04. The van der Waals surface area contributed by atoms with E-state index in [1.54, 1.807) is 18.2 Å². The van der Waals surface area contributed by atoms with E-state index in [9.17, 15) is 18.0 Å². The van der Waals surface area contributed by atoms with Crippen molar-refractivity contribution in [1.82, 2.24) is 4.31 Å². The van der Waals surface area contributed by atoms with Gasteiger partial charge in [-0.15, -0.1) is 0 Å². The normalized spacial score (nSPS) is 14.8. The molecule has 0 spiro atoms. The molecule has 1 aliphatic heterocycles. The SMILES string of the molecule is N#Cc1ccccc1NC(=O)CN1C(=O)c2ccccc2S1(=O)=O. The molecule has 1 aliphatic rings. The molecule has 120 valence electrons. The minimum absolute atomic E-state index is 0.0442. The van der Waals surface area contributed by atoms with Gasteiger partial charge >= 0.3 is 0 Å². The van der Waals surface area contributed by atoms with E-state index in [0.29, 0.717) is 4.31 Å². The first-order valence-electron chi connectivity index (χ1n) is 6.90. The molecule has 8 heteroatoms. The average Bonchev–Trinajstić information content (AvgIpc) is 2.77. The molecule has 0 radical (unpaired) electrons. The van der Waals surface area contributed by atoms with Crippen molar-refractivity contribution < 1.29 is 18.0 Å². The molecular weight excluding hydrogens is 330 g/mol. The molecule has 2 amide bonds. The Balaban J connectivity index is 1.84. The van der Waals surface area contributed by atoms with Crippen LogP contribution in [0.25, 0.3) is 0 Å². The second-order valence-corrected chi connectivity index (χ2v) is 6.85. The number of benzene rings is 2. The van der Waals surface area contributed by atoms with Crippen LogP contribution in [0.3, 0.4) is 0 Å². The molecule has 0 fully saturated rings. The van der Waals surface area contributed by atoms with E-state index in [4.69, 9.17) is 5.26 Å². The molecular formula is C16H11N3O4S. The van der Waals surface area contributed by atoms with E-state index in [2.05, 4.69) is 5.32 Å². The van der Waals surface area contributed by atoms with Crippen molar-refractivity contribution >= 4 is 27.5 Å². The predicted octanol–water partition coefficient (Wildman–Crippen LogP) is 1.34. The summed E-state index contributed by atoms with van der Waals surface area (Å²) in [4.78, 5) is 24.3. The van der Waals surface area contributed by atoms with Crippen LogP contribution in [0.15, 0.2) is 53.4 Å². The maximum atomic E-state index is 12.4. The van der Waals surface area contributed by atoms with Crippen LogP contribution in [0.2, 0.25) is 0 Å². The Morgan fingerprint density at radius 1 is 1.12 bits per heavy atom. The van der Waals surface area contributed by atoms with E-state index in [1.807, 2.05) is 6.07 Å². The molecule has 0 saturated heterocycles. The topological polar surface area (TPSA) is 107 Å². The fourth-order valence-corrected chi connectivity index (χ4v) is 3.92. The highest BCUT2D eigenvalue weighted by molar-refractivity contribution is 7.90. The van der Waals surface area contributed by atoms with Crippen molar-refractivity contribution in [3.05, 3.63) is 59.7 Å². The van der Waals surface area contributed by atoms with Crippen LogP contribution in [-0.2, 0) is 14.8 Å². The van der Waals surface area contributed by atoms with Crippen molar-refractivity contribution in [2.45, 2.75) is 4.90 Å². The molecule has 1 N–H and O–H groups in total. The molecule has 0 bridgehead atoms. The molecule has 0 aliphatic carbocycles. The summed E-state index contributed by atoms with van der Waals surface area (Å²) in [6.07, 6.45) is 0. The van der Waals surface area contributed by atoms with Gasteiger partial charge in [0.15, 0.2) is 0 Å². The van der Waals surface area contributed by atoms with Gasteiger partial charge in [0.2, 0.25) is 5.91 Å². The Bertz CT molecular complexity index is 992. The van der Waals surface area contributed by atoms with E-state index in [-0.39, 0.29) is 21.7 Å². The zero-order chi connectivity index (χ0) is 17.3. The molecule has 3 rings (SSSR count). The van der Waals surface area contributed by atoms with Gasteiger partial charge in [-0.1, -0.05) is 24.3 Å². The average molecular weight is 341 g/mol. The Hall–Kier alpha value is -3.18. The summed E-state index contributed by atoms with van der Waals surface area (Å²) in [5.74, 6) is -1.45. The fraction of sp³-hybridized carbons (Fsp3) is 0.0625. The van der Waals surface area contributed by atoms with Gasteiger partial charge in [0.25, 0.3) is 15.9 Å². The van der Waals surface area contributed by atoms with Crippen LogP contribution in [0, 0.1) is 11.3 Å². The number of sulfonamides is 1. The highest BCUT2D eigenvalue weighted by Gasteiger charge is 2.41. The van der Waals surface area contributed by atoms with Crippen LogP contribution in [0.4, 0.5) is 5.69 Å². The minimum atomic E-state index is -4.04. The molecule has 7 nitrogen and oxygen atoms in total. The fourth-order valence-electron chi connectivity index (χ4n) is 2.40. The van der Waals surface area contributed by atoms with Crippen LogP contribution >= 0.6 is 0 Å². The molecule has 1 heterocycles. The summed E-state index contributed by atoms with van der Waals surface area (Å²) < 4.78 is 25.3. The first kappa shape index (κ1) is 15.7. The Morgan fingerprint density at radius 2 is 1.79 bits per heavy atom. The van der Waals surface area contributed by atoms with E-state index < -0.39 is 28.4 Å². The van der Waals surface area contributed by atoms with Gasteiger partial charge in [0.1, 0.15) is 17.5 Å². The predicted molar refractivity (Wildman–Crippen MR) is 84.5 cm³/mol. The monoisotopic (exact) mass is 341 g/mol. The molecule has 2 aromatic rings. The third-order valence-electron chi connectivity index (χ3n) is 3.52. The summed E-state index contributed by atoms with van der Waals surface area (Å²) >= 11 is 0. The van der Waals surface area contributed by atoms with Crippen LogP contribution in [0.1, 0.15) is 15.9 Å². The standard InChI is InChI=1S/C16H11N3O4S/c17-9-11-5-1-3-7-13(11)18-15(20)10-19-16(21)12-6-2-4-8-14(12)24(19,22)23/h1-8H,10H2,(H,18,20). The number of anilines is 1. The number of nitrogens with zero attached hydrogens (tertiary/aromatic N) is 2. The molecule has 0 saturated carbocycles. The number of carbonyl (C=O) groups is 2. The van der Waals surface area contributed by atoms with Crippen molar-refractivity contribution in [3.8, 4) is 6.07 Å². The second-order valence-electron chi connectivity index (χ2n) is 5.02. The maximum absolute atomic E-state index is 12.4. The van der Waals surface area contributed by atoms with Gasteiger partial charge < -0.3 is 5.32 Å². The van der Waals surface area contributed by atoms with Gasteiger partial charge in [-0.05, 0) is 24.3 Å². The van der Waals surface area contributed by atoms with Crippen molar-refractivity contribution in [2.24, 2.45) is 0 Å². The van der Waals surface area contributed by atoms with Crippen molar-refractivity contribution in [2.75, 3.05) is 11.9 Å². The van der Waals surface area contributed by atoms with Gasteiger partial charge in [0.05, 0.1) is 16.8 Å². The number of amides is 2. The van der Waals surface area contributed by atoms with E-state index in [1.165, 1.54) is 30.3 Å². The third kappa shape index (κ3) is 2.51. The number of hydrogen-bond donors (Lipinski definition) is 1. The van der Waals surface area contributed by atoms with E-state index >= 15 is 0 Å². The lowest BCUT2D eigenvalue weighted by Gasteiger charge is -2.15. The lowest BCUT2D eigenvalue weighted by atomic mass is 10.2. The summed E-state index contributed by atoms with van der Waals surface area (Å²) in [5, 5.41) is 11.5. The number of rotatable bonds is 3. The smallest absolute Gasteiger partial charge is 0.269 e. The molecule has 24 heavy (non-hydrogen) atoms. The van der Waals surface area contributed by atoms with Gasteiger partial charge in [-0.25, -0.2) is 12.7 Å². The largest absolute Gasteiger partial charge is 0.323 e. The maximum Gasteiger partial charge on any atom is 0.269 e. The van der Waals surface area contributed by atoms with Gasteiger partial charge in [-0.3, -0.25) is 9.59 Å². The number of nitriles is 1. The summed E-state index contributed by atoms with van der Waals surface area (Å²) in [6.45, 7) is -0.657. The van der Waals surface area contributed by atoms with Crippen LogP contribution < -0.4 is 5.32 Å². The zero-order valence-electron chi connectivity index (χ0n) is 12.3. The Kier molecular flexibility index (Phi) is 3.79. The zero-order valence-corrected chi connectivity index (χ0v) is 13.1. The summed E-state index contributed by atoms with van der Waals surface area (Å²) in [6, 6.07) is 14.0. The Morgan fingerprint density at radius 3 is 2.50 bits per heavy atom. The highest BCUT2D eigenvalue weighted by atomic mass is 32.2. The van der Waals surface area contributed by atoms with E-state index in [0.717, 1.165) is 0 Å². The van der Waals surface area contributed by atoms with Crippen LogP contribution in [0.5, 0.6) is 0 Å². The molecule has 2 aromatic carbocycles. The minimum Gasteiger partial charge on any atom is -0.323 e. The quantitative estimate of drug-likeness (QED) is 0.906. The van der Waals surface area contributed by atoms with Crippen molar-refractivity contribution in [1.29, 1.82) is 5.26 Å². The number of hydrogen-bond acceptors (Lipinski definition) is 5. The molecule has 0 atom stereocenters. The number of carbonyl (C=O) groups excluding carboxylic acids is 2. The second kappa shape index (κ2) is 5.79. The first-order valence-corrected chi connectivity index (χ1v) is 8.34. The third-order valence-corrected chi connectivity index (χ3v) is 5.31. The molecule has 0 unspecified atom stereocenters. The summed E-state index contributed by atoms with van der Waals surface area (Å²) in [5.41, 5.74) is 0.541. The number of para-hydroxylation sites is 1. The van der Waals surface area contributed by atoms with Gasteiger partial charge in [0, 0.05) is 0 Å². The first-order chi connectivity index (χ1) is 11.4. The van der Waals surface area contributed by atoms with Crippen LogP contribution in [-0.4, -0.2) is 31.1 Å². The van der Waals surface area contributed by atoms with Crippen molar-refractivity contribution in [3.63, 3.8) is 0 Å². The van der Waals surface area contributed by atoms with Gasteiger partial charge in [-0.2, -0.15) is 5.26 Å². The number of fused-ring (bicyclic) bond motifs is 1. The lowest BCUT2D eigenvalue weighted by molar-refractivity contribution is -0.116. The number of nitrogens with one attached hydrogen (secondary N) is 1. The highest BCUT2D eigenvalue weighted by Crippen LogP contribution is 2.29.